The van der Waals surface area contributed by atoms with E-state index < -0.39 is 0 Å². The summed E-state index contributed by atoms with van der Waals surface area (Å²) in [6.45, 7) is 6.95. The summed E-state index contributed by atoms with van der Waals surface area (Å²) in [5.74, 6) is 3.24. The third-order valence-electron chi connectivity index (χ3n) is 9.83. The maximum absolute atomic E-state index is 5.28. The fraction of sp³-hybridized carbons (Fsp3) is 0.214. The van der Waals surface area contributed by atoms with Crippen molar-refractivity contribution in [3.05, 3.63) is 150 Å². The van der Waals surface area contributed by atoms with Crippen LogP contribution in [-0.4, -0.2) is 19.5 Å². The highest BCUT2D eigenvalue weighted by atomic mass is 15.1. The van der Waals surface area contributed by atoms with Gasteiger partial charge in [0.2, 0.25) is 0 Å². The van der Waals surface area contributed by atoms with Crippen LogP contribution in [0.2, 0.25) is 0 Å². The quantitative estimate of drug-likeness (QED) is 0.202. The van der Waals surface area contributed by atoms with E-state index in [0.717, 1.165) is 41.2 Å². The molecule has 0 aliphatic heterocycles. The van der Waals surface area contributed by atoms with E-state index >= 15 is 0 Å². The molecule has 0 saturated carbocycles. The smallest absolute Gasteiger partial charge is 0.164 e. The minimum absolute atomic E-state index is 0.220. The summed E-state index contributed by atoms with van der Waals surface area (Å²) in [5.41, 5.74) is 9.66. The minimum atomic E-state index is 0.220. The number of hydrogen-bond donors (Lipinski definition) is 0. The average molecular weight is 599 g/mol. The van der Waals surface area contributed by atoms with Crippen molar-refractivity contribution < 1.29 is 0 Å². The summed E-state index contributed by atoms with van der Waals surface area (Å²) >= 11 is 0. The van der Waals surface area contributed by atoms with Crippen molar-refractivity contribution in [3.8, 4) is 22.8 Å². The van der Waals surface area contributed by atoms with E-state index in [1.807, 2.05) is 18.2 Å². The maximum atomic E-state index is 5.28. The first-order chi connectivity index (χ1) is 22.6. The topological polar surface area (TPSA) is 43.6 Å². The highest BCUT2D eigenvalue weighted by Crippen LogP contribution is 2.48. The van der Waals surface area contributed by atoms with Crippen molar-refractivity contribution >= 4 is 22.0 Å². The normalized spacial score (nSPS) is 22.1. The van der Waals surface area contributed by atoms with E-state index in [1.165, 1.54) is 33.3 Å². The molecule has 5 aromatic rings. The van der Waals surface area contributed by atoms with Crippen molar-refractivity contribution in [2.75, 3.05) is 0 Å². The number of fused-ring (bicyclic) bond motifs is 3. The maximum Gasteiger partial charge on any atom is 0.164 e. The molecule has 4 nitrogen and oxygen atoms in total. The highest BCUT2D eigenvalue weighted by Gasteiger charge is 2.33. The molecular formula is C42H38N4. The lowest BCUT2D eigenvalue weighted by atomic mass is 9.83. The molecule has 2 heterocycles. The zero-order valence-corrected chi connectivity index (χ0v) is 26.6. The molecule has 4 atom stereocenters. The molecule has 4 unspecified atom stereocenters. The Hall–Kier alpha value is -5.09. The number of rotatable bonds is 5. The van der Waals surface area contributed by atoms with Crippen LogP contribution in [-0.2, 0) is 0 Å². The van der Waals surface area contributed by atoms with Gasteiger partial charge in [-0.3, -0.25) is 0 Å². The van der Waals surface area contributed by atoms with E-state index in [1.54, 1.807) is 0 Å². The fourth-order valence-corrected chi connectivity index (χ4v) is 7.44. The first-order valence-electron chi connectivity index (χ1n) is 16.5. The van der Waals surface area contributed by atoms with Crippen LogP contribution in [0.3, 0.4) is 0 Å². The second kappa shape index (κ2) is 11.7. The third-order valence-corrected chi connectivity index (χ3v) is 9.83. The Morgan fingerprint density at radius 3 is 2.13 bits per heavy atom. The largest absolute Gasteiger partial charge is 0.336 e. The van der Waals surface area contributed by atoms with Crippen LogP contribution in [0.5, 0.6) is 0 Å². The van der Waals surface area contributed by atoms with Gasteiger partial charge < -0.3 is 4.57 Å². The van der Waals surface area contributed by atoms with Crippen molar-refractivity contribution in [3.63, 3.8) is 0 Å². The monoisotopic (exact) mass is 598 g/mol. The molecule has 3 aliphatic rings. The van der Waals surface area contributed by atoms with Crippen molar-refractivity contribution in [1.82, 2.24) is 19.5 Å². The molecule has 0 saturated heterocycles. The van der Waals surface area contributed by atoms with E-state index in [9.17, 15) is 0 Å². The Bertz CT molecular complexity index is 2090. The zero-order chi connectivity index (χ0) is 31.2. The van der Waals surface area contributed by atoms with E-state index in [0.29, 0.717) is 23.6 Å². The lowest BCUT2D eigenvalue weighted by Gasteiger charge is -2.30. The Kier molecular flexibility index (Phi) is 7.21. The van der Waals surface area contributed by atoms with Gasteiger partial charge in [-0.25, -0.2) is 15.0 Å². The second-order valence-electron chi connectivity index (χ2n) is 12.9. The van der Waals surface area contributed by atoms with Crippen LogP contribution in [0.4, 0.5) is 0 Å². The standard InChI is InChI=1S/C42H38N4/c1-27-15-10-12-21-32(27)41-43-40(31-19-8-5-9-20-31)44-42(45-41)34-22-14-24-36-37(34)38-33(30-17-6-4-7-18-30)26-25-29(3)39(38)46(36)35-23-13-11-16-28(35)2/h4-14,16-24,26-29,35H,15,25H2,1-3H3. The van der Waals surface area contributed by atoms with Crippen LogP contribution in [0.25, 0.3) is 44.8 Å². The number of hydrogen-bond acceptors (Lipinski definition) is 3. The van der Waals surface area contributed by atoms with Gasteiger partial charge in [-0.05, 0) is 41.9 Å². The molecule has 0 radical (unpaired) electrons. The molecule has 0 bridgehead atoms. The molecule has 2 aromatic heterocycles. The molecular weight excluding hydrogens is 560 g/mol. The Labute approximate surface area is 271 Å². The molecule has 3 aromatic carbocycles. The molecule has 8 rings (SSSR count). The van der Waals surface area contributed by atoms with Gasteiger partial charge in [-0.1, -0.05) is 142 Å². The number of nitrogens with zero attached hydrogens (tertiary/aromatic N) is 4. The summed E-state index contributed by atoms with van der Waals surface area (Å²) < 4.78 is 2.62. The molecule has 226 valence electrons. The first kappa shape index (κ1) is 28.4. The second-order valence-corrected chi connectivity index (χ2v) is 12.9. The molecule has 0 amide bonds. The van der Waals surface area contributed by atoms with Gasteiger partial charge in [0.1, 0.15) is 0 Å². The Morgan fingerprint density at radius 2 is 1.37 bits per heavy atom. The van der Waals surface area contributed by atoms with Gasteiger partial charge in [0.25, 0.3) is 0 Å². The van der Waals surface area contributed by atoms with Crippen molar-refractivity contribution in [1.29, 1.82) is 0 Å². The predicted molar refractivity (Wildman–Crippen MR) is 190 cm³/mol. The van der Waals surface area contributed by atoms with Crippen LogP contribution in [0.15, 0.2) is 127 Å². The number of benzene rings is 3. The third kappa shape index (κ3) is 4.80. The van der Waals surface area contributed by atoms with Gasteiger partial charge in [-0.2, -0.15) is 0 Å². The van der Waals surface area contributed by atoms with E-state index in [2.05, 4.69) is 135 Å². The predicted octanol–water partition coefficient (Wildman–Crippen LogP) is 10.4. The van der Waals surface area contributed by atoms with E-state index in [-0.39, 0.29) is 6.04 Å². The van der Waals surface area contributed by atoms with Crippen LogP contribution in [0, 0.1) is 11.8 Å². The SMILES string of the molecule is CC1CC=CC=C1c1nc(-c2ccccc2)nc(-c2cccc3c2c2c(n3C3C=CC=CC3C)C(C)CC=C2c2ccccc2)n1. The molecule has 0 N–H and O–H groups in total. The van der Waals surface area contributed by atoms with Gasteiger partial charge in [-0.15, -0.1) is 0 Å². The average Bonchev–Trinajstić information content (AvgIpc) is 3.45. The van der Waals surface area contributed by atoms with Gasteiger partial charge in [0.15, 0.2) is 17.5 Å². The summed E-state index contributed by atoms with van der Waals surface area (Å²) in [6, 6.07) is 28.1. The summed E-state index contributed by atoms with van der Waals surface area (Å²) in [7, 11) is 0. The minimum Gasteiger partial charge on any atom is -0.336 e. The lowest BCUT2D eigenvalue weighted by Crippen LogP contribution is -2.20. The zero-order valence-electron chi connectivity index (χ0n) is 26.6. The molecule has 4 heteroatoms. The Morgan fingerprint density at radius 1 is 0.652 bits per heavy atom. The lowest BCUT2D eigenvalue weighted by molar-refractivity contribution is 0.473. The molecule has 46 heavy (non-hydrogen) atoms. The van der Waals surface area contributed by atoms with Gasteiger partial charge in [0.05, 0.1) is 11.6 Å². The molecule has 0 fully saturated rings. The number of aromatic nitrogens is 4. The van der Waals surface area contributed by atoms with Crippen molar-refractivity contribution in [2.45, 2.75) is 45.6 Å². The highest BCUT2D eigenvalue weighted by molar-refractivity contribution is 6.07. The summed E-state index contributed by atoms with van der Waals surface area (Å²) in [4.78, 5) is 15.6. The van der Waals surface area contributed by atoms with Crippen LogP contribution < -0.4 is 0 Å². The van der Waals surface area contributed by atoms with Gasteiger partial charge >= 0.3 is 0 Å². The summed E-state index contributed by atoms with van der Waals surface area (Å²) in [5, 5.41) is 1.22. The first-order valence-corrected chi connectivity index (χ1v) is 16.5. The van der Waals surface area contributed by atoms with Crippen molar-refractivity contribution in [2.24, 2.45) is 11.8 Å². The molecule has 0 spiro atoms. The van der Waals surface area contributed by atoms with Gasteiger partial charge in [0, 0.05) is 39.3 Å². The Balaban J connectivity index is 1.45. The fourth-order valence-electron chi connectivity index (χ4n) is 7.44. The molecule has 3 aliphatic carbocycles. The van der Waals surface area contributed by atoms with E-state index in [4.69, 9.17) is 15.0 Å². The van der Waals surface area contributed by atoms with Crippen LogP contribution >= 0.6 is 0 Å². The number of allylic oxidation sites excluding steroid dienone is 9. The van der Waals surface area contributed by atoms with Crippen LogP contribution in [0.1, 0.15) is 68.2 Å². The summed E-state index contributed by atoms with van der Waals surface area (Å²) in [6.07, 6.45) is 20.0.